The monoisotopic (exact) mass is 264 g/mol. The first kappa shape index (κ1) is 13.3. The number of anilines is 1. The zero-order valence-corrected chi connectivity index (χ0v) is 10.4. The van der Waals surface area contributed by atoms with Crippen LogP contribution >= 0.6 is 0 Å². The number of ether oxygens (including phenoxy) is 1. The lowest BCUT2D eigenvalue weighted by atomic mass is 10.1. The Morgan fingerprint density at radius 3 is 2.37 bits per heavy atom. The molecule has 0 aromatic heterocycles. The summed E-state index contributed by atoms with van der Waals surface area (Å²) >= 11 is 0. The van der Waals surface area contributed by atoms with E-state index in [1.54, 1.807) is 29.2 Å². The molecule has 0 radical (unpaired) electrons. The molecule has 7 heteroatoms. The molecule has 102 valence electrons. The van der Waals surface area contributed by atoms with Gasteiger partial charge >= 0.3 is 6.03 Å². The predicted octanol–water partition coefficient (Wildman–Crippen LogP) is 0.154. The highest BCUT2D eigenvalue weighted by Crippen LogP contribution is 2.12. The first-order chi connectivity index (χ1) is 9.20. The second-order valence-corrected chi connectivity index (χ2v) is 4.08. The van der Waals surface area contributed by atoms with E-state index in [2.05, 4.69) is 5.32 Å². The zero-order chi connectivity index (χ0) is 13.7. The van der Waals surface area contributed by atoms with Gasteiger partial charge in [-0.05, 0) is 24.3 Å². The van der Waals surface area contributed by atoms with Gasteiger partial charge in [-0.2, -0.15) is 0 Å². The third-order valence-electron chi connectivity index (χ3n) is 2.82. The summed E-state index contributed by atoms with van der Waals surface area (Å²) in [5, 5.41) is 2.52. The highest BCUT2D eigenvalue weighted by atomic mass is 16.5. The number of nitrogens with two attached hydrogens (primary N) is 1. The van der Waals surface area contributed by atoms with E-state index in [1.807, 2.05) is 5.43 Å². The summed E-state index contributed by atoms with van der Waals surface area (Å²) in [5.74, 6) is 4.93. The minimum atomic E-state index is -0.507. The first-order valence-electron chi connectivity index (χ1n) is 5.95. The lowest BCUT2D eigenvalue weighted by molar-refractivity contribution is 0.0303. The van der Waals surface area contributed by atoms with Crippen molar-refractivity contribution in [3.8, 4) is 0 Å². The maximum Gasteiger partial charge on any atom is 0.333 e. The van der Waals surface area contributed by atoms with Gasteiger partial charge in [0.25, 0.3) is 5.91 Å². The summed E-state index contributed by atoms with van der Waals surface area (Å²) in [6.07, 6.45) is 0. The second-order valence-electron chi connectivity index (χ2n) is 4.08. The molecular weight excluding hydrogens is 248 g/mol. The Bertz CT molecular complexity index is 455. The fourth-order valence-corrected chi connectivity index (χ4v) is 1.81. The summed E-state index contributed by atoms with van der Waals surface area (Å²) in [6.45, 7) is 2.35. The van der Waals surface area contributed by atoms with Crippen LogP contribution in [0.15, 0.2) is 24.3 Å². The second kappa shape index (κ2) is 6.17. The highest BCUT2D eigenvalue weighted by Gasteiger charge is 2.18. The third-order valence-corrected chi connectivity index (χ3v) is 2.82. The van der Waals surface area contributed by atoms with E-state index in [0.717, 1.165) is 0 Å². The number of hydrogen-bond acceptors (Lipinski definition) is 4. The van der Waals surface area contributed by atoms with Crippen LogP contribution in [-0.2, 0) is 4.74 Å². The number of benzene rings is 1. The van der Waals surface area contributed by atoms with Crippen LogP contribution in [0, 0.1) is 0 Å². The van der Waals surface area contributed by atoms with Crippen molar-refractivity contribution in [1.29, 1.82) is 0 Å². The average Bonchev–Trinajstić information content (AvgIpc) is 2.48. The van der Waals surface area contributed by atoms with Crippen LogP contribution in [0.2, 0.25) is 0 Å². The molecule has 3 amide bonds. The lowest BCUT2D eigenvalue weighted by Gasteiger charge is -2.26. The third kappa shape index (κ3) is 3.43. The minimum Gasteiger partial charge on any atom is -0.378 e. The largest absolute Gasteiger partial charge is 0.378 e. The molecule has 0 aliphatic carbocycles. The van der Waals surface area contributed by atoms with E-state index in [4.69, 9.17) is 10.6 Å². The Morgan fingerprint density at radius 2 is 1.79 bits per heavy atom. The predicted molar refractivity (Wildman–Crippen MR) is 69.5 cm³/mol. The van der Waals surface area contributed by atoms with Gasteiger partial charge in [-0.15, -0.1) is 0 Å². The number of urea groups is 1. The van der Waals surface area contributed by atoms with E-state index in [1.165, 1.54) is 0 Å². The first-order valence-corrected chi connectivity index (χ1v) is 5.95. The lowest BCUT2D eigenvalue weighted by Crippen LogP contribution is -2.40. The molecule has 0 bridgehead atoms. The number of nitrogens with zero attached hydrogens (tertiary/aromatic N) is 1. The molecule has 1 aromatic rings. The Balaban J connectivity index is 2.01. The van der Waals surface area contributed by atoms with Gasteiger partial charge in [0, 0.05) is 24.3 Å². The van der Waals surface area contributed by atoms with Crippen molar-refractivity contribution >= 4 is 17.6 Å². The van der Waals surface area contributed by atoms with Gasteiger partial charge in [-0.3, -0.25) is 10.2 Å². The molecule has 19 heavy (non-hydrogen) atoms. The highest BCUT2D eigenvalue weighted by molar-refractivity contribution is 5.95. The molecule has 0 saturated carbocycles. The van der Waals surface area contributed by atoms with Crippen molar-refractivity contribution in [3.05, 3.63) is 29.8 Å². The Morgan fingerprint density at radius 1 is 1.16 bits per heavy atom. The molecule has 1 aliphatic heterocycles. The van der Waals surface area contributed by atoms with Crippen LogP contribution in [-0.4, -0.2) is 43.1 Å². The molecule has 1 aliphatic rings. The van der Waals surface area contributed by atoms with E-state index >= 15 is 0 Å². The topological polar surface area (TPSA) is 96.7 Å². The summed E-state index contributed by atoms with van der Waals surface area (Å²) in [4.78, 5) is 24.9. The maximum atomic E-state index is 12.1. The molecular formula is C12H16N4O3. The zero-order valence-electron chi connectivity index (χ0n) is 10.4. The van der Waals surface area contributed by atoms with Crippen LogP contribution < -0.4 is 16.6 Å². The summed E-state index contributed by atoms with van der Waals surface area (Å²) in [6, 6.07) is 6.15. The molecule has 1 fully saturated rings. The van der Waals surface area contributed by atoms with Gasteiger partial charge in [0.1, 0.15) is 0 Å². The van der Waals surface area contributed by atoms with Crippen molar-refractivity contribution < 1.29 is 14.3 Å². The van der Waals surface area contributed by atoms with Crippen LogP contribution in [0.25, 0.3) is 0 Å². The van der Waals surface area contributed by atoms with Gasteiger partial charge in [-0.1, -0.05) is 0 Å². The number of morpholine rings is 1. The number of hydrazine groups is 1. The van der Waals surface area contributed by atoms with Gasteiger partial charge in [0.15, 0.2) is 0 Å². The normalized spacial score (nSPS) is 14.9. The molecule has 0 spiro atoms. The maximum absolute atomic E-state index is 12.1. The van der Waals surface area contributed by atoms with Crippen molar-refractivity contribution in [3.63, 3.8) is 0 Å². The van der Waals surface area contributed by atoms with Gasteiger partial charge in [-0.25, -0.2) is 10.6 Å². The summed E-state index contributed by atoms with van der Waals surface area (Å²) in [7, 11) is 0. The van der Waals surface area contributed by atoms with Crippen LogP contribution in [0.3, 0.4) is 0 Å². The Kier molecular flexibility index (Phi) is 4.32. The van der Waals surface area contributed by atoms with E-state index in [-0.39, 0.29) is 5.91 Å². The molecule has 1 heterocycles. The number of carbonyl (C=O) groups is 2. The Hall–Kier alpha value is -2.12. The molecule has 0 unspecified atom stereocenters. The van der Waals surface area contributed by atoms with Crippen LogP contribution in [0.5, 0.6) is 0 Å². The quantitative estimate of drug-likeness (QED) is 0.402. The molecule has 0 atom stereocenters. The number of amides is 3. The SMILES string of the molecule is NNC(=O)Nc1ccc(C(=O)N2CCOCC2)cc1. The Labute approximate surface area is 110 Å². The molecule has 1 saturated heterocycles. The average molecular weight is 264 g/mol. The van der Waals surface area contributed by atoms with E-state index < -0.39 is 6.03 Å². The summed E-state index contributed by atoms with van der Waals surface area (Å²) in [5.41, 5.74) is 3.12. The number of carbonyl (C=O) groups excluding carboxylic acids is 2. The van der Waals surface area contributed by atoms with Gasteiger partial charge in [0.05, 0.1) is 13.2 Å². The summed E-state index contributed by atoms with van der Waals surface area (Å²) < 4.78 is 5.20. The molecule has 4 N–H and O–H groups in total. The standard InChI is InChI=1S/C12H16N4O3/c13-15-12(18)14-10-3-1-9(2-4-10)11(17)16-5-7-19-8-6-16/h1-4H,5-8,13H2,(H2,14,15,18). The molecule has 2 rings (SSSR count). The van der Waals surface area contributed by atoms with E-state index in [0.29, 0.717) is 37.6 Å². The van der Waals surface area contributed by atoms with Gasteiger partial charge < -0.3 is 15.0 Å². The fraction of sp³-hybridized carbons (Fsp3) is 0.333. The van der Waals surface area contributed by atoms with Crippen molar-refractivity contribution in [2.24, 2.45) is 5.84 Å². The van der Waals surface area contributed by atoms with Crippen molar-refractivity contribution in [1.82, 2.24) is 10.3 Å². The van der Waals surface area contributed by atoms with E-state index in [9.17, 15) is 9.59 Å². The minimum absolute atomic E-state index is 0.0295. The number of rotatable bonds is 2. The number of nitrogens with one attached hydrogen (secondary N) is 2. The van der Waals surface area contributed by atoms with Gasteiger partial charge in [0.2, 0.25) is 0 Å². The molecule has 1 aromatic carbocycles. The van der Waals surface area contributed by atoms with Crippen molar-refractivity contribution in [2.45, 2.75) is 0 Å². The number of hydrogen-bond donors (Lipinski definition) is 3. The van der Waals surface area contributed by atoms with Crippen LogP contribution in [0.4, 0.5) is 10.5 Å². The van der Waals surface area contributed by atoms with Crippen molar-refractivity contribution in [2.75, 3.05) is 31.6 Å². The fourth-order valence-electron chi connectivity index (χ4n) is 1.81. The van der Waals surface area contributed by atoms with Crippen LogP contribution in [0.1, 0.15) is 10.4 Å². The smallest absolute Gasteiger partial charge is 0.333 e. The molecule has 7 nitrogen and oxygen atoms in total.